The van der Waals surface area contributed by atoms with Crippen LogP contribution in [0.1, 0.15) is 18.9 Å². The number of nitrogens with zero attached hydrogens (tertiary/aromatic N) is 1. The standard InChI is InChI=1S/C21H26FN3O3/c1-15(28-18-7-5-17(22)6-8-18)13-24-21(23-2)25-14-16-4-9-19-20(12-16)27-11-3-10-26-19/h4-9,12,15H,3,10-11,13-14H2,1-2H3,(H2,23,24,25). The summed E-state index contributed by atoms with van der Waals surface area (Å²) in [6.07, 6.45) is 0.777. The van der Waals surface area contributed by atoms with Gasteiger partial charge in [0, 0.05) is 20.0 Å². The molecule has 7 heteroatoms. The predicted octanol–water partition coefficient (Wildman–Crippen LogP) is 3.12. The predicted molar refractivity (Wildman–Crippen MR) is 107 cm³/mol. The van der Waals surface area contributed by atoms with Crippen molar-refractivity contribution in [2.75, 3.05) is 26.8 Å². The Hall–Kier alpha value is -2.96. The molecule has 0 spiro atoms. The highest BCUT2D eigenvalue weighted by atomic mass is 19.1. The van der Waals surface area contributed by atoms with E-state index in [4.69, 9.17) is 14.2 Å². The largest absolute Gasteiger partial charge is 0.490 e. The Morgan fingerprint density at radius 2 is 1.86 bits per heavy atom. The van der Waals surface area contributed by atoms with Crippen LogP contribution in [0.5, 0.6) is 17.2 Å². The molecule has 150 valence electrons. The van der Waals surface area contributed by atoms with Gasteiger partial charge in [-0.05, 0) is 48.9 Å². The third-order valence-electron chi connectivity index (χ3n) is 4.20. The fourth-order valence-corrected chi connectivity index (χ4v) is 2.75. The van der Waals surface area contributed by atoms with Crippen LogP contribution in [-0.2, 0) is 6.54 Å². The molecule has 0 aliphatic carbocycles. The average Bonchev–Trinajstić information content (AvgIpc) is 2.95. The quantitative estimate of drug-likeness (QED) is 0.589. The van der Waals surface area contributed by atoms with Gasteiger partial charge in [-0.1, -0.05) is 6.07 Å². The van der Waals surface area contributed by atoms with E-state index in [0.717, 1.165) is 23.5 Å². The monoisotopic (exact) mass is 387 g/mol. The van der Waals surface area contributed by atoms with Gasteiger partial charge in [-0.2, -0.15) is 0 Å². The number of ether oxygens (including phenoxy) is 3. The Morgan fingerprint density at radius 3 is 2.61 bits per heavy atom. The van der Waals surface area contributed by atoms with Gasteiger partial charge in [0.15, 0.2) is 17.5 Å². The molecule has 0 radical (unpaired) electrons. The zero-order valence-electron chi connectivity index (χ0n) is 16.2. The topological polar surface area (TPSA) is 64.1 Å². The van der Waals surface area contributed by atoms with Crippen LogP contribution < -0.4 is 24.8 Å². The number of nitrogens with one attached hydrogen (secondary N) is 2. The molecular weight excluding hydrogens is 361 g/mol. The molecule has 0 fully saturated rings. The van der Waals surface area contributed by atoms with Crippen molar-refractivity contribution in [2.24, 2.45) is 4.99 Å². The fourth-order valence-electron chi connectivity index (χ4n) is 2.75. The summed E-state index contributed by atoms with van der Waals surface area (Å²) in [6, 6.07) is 11.9. The third kappa shape index (κ3) is 5.77. The van der Waals surface area contributed by atoms with Gasteiger partial charge >= 0.3 is 0 Å². The molecule has 0 aromatic heterocycles. The lowest BCUT2D eigenvalue weighted by atomic mass is 10.2. The molecule has 3 rings (SSSR count). The first-order chi connectivity index (χ1) is 13.6. The molecule has 2 N–H and O–H groups in total. The van der Waals surface area contributed by atoms with Gasteiger partial charge in [0.25, 0.3) is 0 Å². The van der Waals surface area contributed by atoms with Crippen molar-refractivity contribution in [3.63, 3.8) is 0 Å². The van der Waals surface area contributed by atoms with Gasteiger partial charge < -0.3 is 24.8 Å². The van der Waals surface area contributed by atoms with Gasteiger partial charge in [-0.15, -0.1) is 0 Å². The van der Waals surface area contributed by atoms with Gasteiger partial charge in [0.1, 0.15) is 17.7 Å². The molecule has 0 saturated carbocycles. The van der Waals surface area contributed by atoms with E-state index in [1.54, 1.807) is 19.2 Å². The van der Waals surface area contributed by atoms with Crippen molar-refractivity contribution >= 4 is 5.96 Å². The van der Waals surface area contributed by atoms with Gasteiger partial charge in [0.05, 0.1) is 19.8 Å². The van der Waals surface area contributed by atoms with E-state index >= 15 is 0 Å². The molecule has 1 atom stereocenters. The number of rotatable bonds is 6. The molecule has 0 amide bonds. The van der Waals surface area contributed by atoms with E-state index < -0.39 is 0 Å². The molecule has 6 nitrogen and oxygen atoms in total. The summed E-state index contributed by atoms with van der Waals surface area (Å²) in [5.41, 5.74) is 1.07. The van der Waals surface area contributed by atoms with E-state index in [1.165, 1.54) is 12.1 Å². The maximum Gasteiger partial charge on any atom is 0.191 e. The fraction of sp³-hybridized carbons (Fsp3) is 0.381. The molecule has 1 aliphatic rings. The molecule has 28 heavy (non-hydrogen) atoms. The van der Waals surface area contributed by atoms with E-state index in [0.29, 0.717) is 38.0 Å². The first-order valence-electron chi connectivity index (χ1n) is 9.39. The summed E-state index contributed by atoms with van der Waals surface area (Å²) < 4.78 is 30.1. The molecule has 1 aliphatic heterocycles. The second-order valence-electron chi connectivity index (χ2n) is 6.52. The highest BCUT2D eigenvalue weighted by molar-refractivity contribution is 5.79. The number of benzene rings is 2. The summed E-state index contributed by atoms with van der Waals surface area (Å²) in [6.45, 7) is 4.44. The van der Waals surface area contributed by atoms with Crippen LogP contribution in [0.15, 0.2) is 47.5 Å². The zero-order valence-corrected chi connectivity index (χ0v) is 16.2. The van der Waals surface area contributed by atoms with Crippen LogP contribution in [0.3, 0.4) is 0 Å². The lowest BCUT2D eigenvalue weighted by Crippen LogP contribution is -2.41. The minimum atomic E-state index is -0.280. The molecule has 1 heterocycles. The molecule has 0 bridgehead atoms. The van der Waals surface area contributed by atoms with Crippen molar-refractivity contribution in [1.29, 1.82) is 0 Å². The summed E-state index contributed by atoms with van der Waals surface area (Å²) in [4.78, 5) is 4.23. The Morgan fingerprint density at radius 1 is 1.11 bits per heavy atom. The van der Waals surface area contributed by atoms with Crippen LogP contribution in [0.25, 0.3) is 0 Å². The highest BCUT2D eigenvalue weighted by Crippen LogP contribution is 2.30. The SMILES string of the molecule is CN=C(NCc1ccc2c(c1)OCCCO2)NCC(C)Oc1ccc(F)cc1. The lowest BCUT2D eigenvalue weighted by Gasteiger charge is -2.18. The average molecular weight is 387 g/mol. The smallest absolute Gasteiger partial charge is 0.191 e. The van der Waals surface area contributed by atoms with Gasteiger partial charge in [0.2, 0.25) is 0 Å². The maximum absolute atomic E-state index is 13.0. The first kappa shape index (κ1) is 19.8. The molecule has 1 unspecified atom stereocenters. The number of aliphatic imine (C=N–C) groups is 1. The number of hydrogen-bond donors (Lipinski definition) is 2. The van der Waals surface area contributed by atoms with Crippen LogP contribution in [0.2, 0.25) is 0 Å². The summed E-state index contributed by atoms with van der Waals surface area (Å²) in [5.74, 6) is 2.58. The molecule has 2 aromatic rings. The number of guanidine groups is 1. The second-order valence-corrected chi connectivity index (χ2v) is 6.52. The zero-order chi connectivity index (χ0) is 19.8. The van der Waals surface area contributed by atoms with Crippen LogP contribution >= 0.6 is 0 Å². The highest BCUT2D eigenvalue weighted by Gasteiger charge is 2.11. The minimum Gasteiger partial charge on any atom is -0.490 e. The van der Waals surface area contributed by atoms with Crippen LogP contribution in [0.4, 0.5) is 4.39 Å². The van der Waals surface area contributed by atoms with Gasteiger partial charge in [-0.3, -0.25) is 4.99 Å². The number of halogens is 1. The van der Waals surface area contributed by atoms with E-state index in [2.05, 4.69) is 15.6 Å². The number of fused-ring (bicyclic) bond motifs is 1. The van der Waals surface area contributed by atoms with Crippen molar-refractivity contribution in [3.8, 4) is 17.2 Å². The second kappa shape index (κ2) is 9.82. The lowest BCUT2D eigenvalue weighted by molar-refractivity contribution is 0.223. The van der Waals surface area contributed by atoms with Gasteiger partial charge in [-0.25, -0.2) is 4.39 Å². The summed E-state index contributed by atoms with van der Waals surface area (Å²) in [5, 5.41) is 6.50. The van der Waals surface area contributed by atoms with E-state index in [-0.39, 0.29) is 11.9 Å². The van der Waals surface area contributed by atoms with Crippen molar-refractivity contribution < 1.29 is 18.6 Å². The van der Waals surface area contributed by atoms with Crippen LogP contribution in [-0.4, -0.2) is 38.9 Å². The third-order valence-corrected chi connectivity index (χ3v) is 4.20. The number of hydrogen-bond acceptors (Lipinski definition) is 4. The molecule has 2 aromatic carbocycles. The maximum atomic E-state index is 13.0. The van der Waals surface area contributed by atoms with Crippen molar-refractivity contribution in [1.82, 2.24) is 10.6 Å². The van der Waals surface area contributed by atoms with E-state index in [1.807, 2.05) is 25.1 Å². The van der Waals surface area contributed by atoms with Crippen LogP contribution in [0, 0.1) is 5.82 Å². The van der Waals surface area contributed by atoms with E-state index in [9.17, 15) is 4.39 Å². The first-order valence-corrected chi connectivity index (χ1v) is 9.39. The normalized spacial score (nSPS) is 14.8. The summed E-state index contributed by atoms with van der Waals surface area (Å²) >= 11 is 0. The molecular formula is C21H26FN3O3. The minimum absolute atomic E-state index is 0.109. The Bertz CT molecular complexity index is 796. The van der Waals surface area contributed by atoms with Crippen molar-refractivity contribution in [3.05, 3.63) is 53.8 Å². The Kier molecular flexibility index (Phi) is 6.94. The Labute approximate surface area is 164 Å². The Balaban J connectivity index is 1.46. The van der Waals surface area contributed by atoms with Crippen molar-refractivity contribution in [2.45, 2.75) is 26.0 Å². The molecule has 0 saturated heterocycles. The summed E-state index contributed by atoms with van der Waals surface area (Å²) in [7, 11) is 1.72.